The SMILES string of the molecule is CCC(CC)n1c(=O)[nH]c2ncc(Cl)c(-c3ccc(CN(C)C)cc3)c21.CCC(CC)n1c(=O)[nH]c2ncc(Cl)c(-c3ccc(CNC(C)=O)cc3)c21.CCC(CC)n1c(=O)[nH]c2ncc(Cl)c(-c3ccc(OC)c(F)c3)c21.CCC(CC)n1c(=O)[nH]c2ncc(Cl)c(-c3ccc4cn[nH]c4c3)c21.CCC(CC)n1c(=O)[nH]c2ncc(Cl)c(-c3cncc(O)c3)c21. The van der Waals surface area contributed by atoms with Gasteiger partial charge in [-0.2, -0.15) is 5.10 Å². The van der Waals surface area contributed by atoms with Crippen molar-refractivity contribution in [3.8, 4) is 67.1 Å². The van der Waals surface area contributed by atoms with Crippen molar-refractivity contribution in [3.63, 3.8) is 0 Å². The van der Waals surface area contributed by atoms with Crippen LogP contribution < -0.4 is 38.5 Å². The third-order valence-electron chi connectivity index (χ3n) is 22.7. The molecule has 0 atom stereocenters. The van der Waals surface area contributed by atoms with Crippen LogP contribution in [0.1, 0.15) is 182 Å². The number of hydrogen-bond acceptors (Lipinski definition) is 16. The molecule has 1 amide bonds. The smallest absolute Gasteiger partial charge is 0.327 e. The van der Waals surface area contributed by atoms with Crippen molar-refractivity contribution in [1.82, 2.24) is 98.1 Å². The number of aromatic nitrogens is 18. The Morgan fingerprint density at radius 2 is 0.746 bits per heavy atom. The Morgan fingerprint density at radius 3 is 1.06 bits per heavy atom. The van der Waals surface area contributed by atoms with E-state index in [0.717, 1.165) is 137 Å². The lowest BCUT2D eigenvalue weighted by atomic mass is 10.0. The first-order chi connectivity index (χ1) is 60.6. The number of pyridine rings is 6. The fourth-order valence-electron chi connectivity index (χ4n) is 16.4. The third-order valence-corrected chi connectivity index (χ3v) is 24.1. The van der Waals surface area contributed by atoms with Crippen LogP contribution in [0.4, 0.5) is 4.39 Å². The van der Waals surface area contributed by atoms with Gasteiger partial charge in [0.2, 0.25) is 5.91 Å². The molecule has 8 N–H and O–H groups in total. The first kappa shape index (κ1) is 93.2. The van der Waals surface area contributed by atoms with Crippen molar-refractivity contribution in [2.24, 2.45) is 0 Å². The Labute approximate surface area is 750 Å². The molecule has 4 aromatic carbocycles. The van der Waals surface area contributed by atoms with E-state index >= 15 is 0 Å². The normalized spacial score (nSPS) is 11.6. The zero-order valence-electron chi connectivity index (χ0n) is 72.5. The quantitative estimate of drug-likeness (QED) is 0.0263. The maximum absolute atomic E-state index is 14.2. The molecule has 0 radical (unpaired) electrons. The van der Waals surface area contributed by atoms with Crippen molar-refractivity contribution in [3.05, 3.63) is 235 Å². The summed E-state index contributed by atoms with van der Waals surface area (Å²) >= 11 is 32.3. The average molecular weight is 1810 g/mol. The molecule has 0 unspecified atom stereocenters. The number of fused-ring (bicyclic) bond motifs is 6. The Morgan fingerprint density at radius 1 is 0.429 bits per heavy atom. The molecule has 0 fully saturated rings. The molecule has 0 saturated carbocycles. The molecule has 0 aliphatic rings. The van der Waals surface area contributed by atoms with Gasteiger partial charge < -0.3 is 20.1 Å². The lowest BCUT2D eigenvalue weighted by Gasteiger charge is -2.17. The molecule has 0 bridgehead atoms. The maximum Gasteiger partial charge on any atom is 0.327 e. The molecule has 660 valence electrons. The Kier molecular flexibility index (Phi) is 30.6. The number of methoxy groups -OCH3 is 1. The first-order valence-electron chi connectivity index (χ1n) is 42.1. The van der Waals surface area contributed by atoms with E-state index < -0.39 is 5.82 Å². The second-order valence-electron chi connectivity index (χ2n) is 30.7. The van der Waals surface area contributed by atoms with Crippen molar-refractivity contribution in [2.45, 2.75) is 184 Å². The molecular weight excluding hydrogens is 1710 g/mol. The van der Waals surface area contributed by atoms with Crippen LogP contribution in [0.15, 0.2) is 165 Å². The van der Waals surface area contributed by atoms with Crippen LogP contribution in [0, 0.1) is 5.82 Å². The number of hydrogen-bond donors (Lipinski definition) is 8. The van der Waals surface area contributed by atoms with Crippen molar-refractivity contribution >= 4 is 131 Å². The van der Waals surface area contributed by atoms with Gasteiger partial charge in [-0.3, -0.25) is 62.6 Å². The number of ether oxygens (including phenoxy) is 1. The topological polar surface area (TPSA) is 357 Å². The highest BCUT2D eigenvalue weighted by Crippen LogP contribution is 2.42. The number of carbonyl (C=O) groups excluding carboxylic acids is 1. The molecule has 34 heteroatoms. The minimum atomic E-state index is -0.493. The Balaban J connectivity index is 0.000000143. The second-order valence-corrected chi connectivity index (χ2v) is 32.8. The lowest BCUT2D eigenvalue weighted by Crippen LogP contribution is -2.21. The van der Waals surface area contributed by atoms with Crippen LogP contribution in [-0.4, -0.2) is 125 Å². The monoisotopic (exact) mass is 1810 g/mol. The number of amides is 1. The van der Waals surface area contributed by atoms with Gasteiger partial charge in [0.05, 0.1) is 77.7 Å². The van der Waals surface area contributed by atoms with E-state index in [4.69, 9.17) is 62.7 Å². The molecule has 16 aromatic rings. The molecule has 28 nitrogen and oxygen atoms in total. The number of H-pyrrole nitrogens is 6. The fraction of sp³-hybridized carbons (Fsp3) is 0.337. The van der Waals surface area contributed by atoms with Crippen LogP contribution in [0.2, 0.25) is 25.1 Å². The summed E-state index contributed by atoms with van der Waals surface area (Å²) in [6, 6.07) is 28.6. The van der Waals surface area contributed by atoms with Gasteiger partial charge in [-0.05, 0) is 136 Å². The van der Waals surface area contributed by atoms with E-state index in [9.17, 15) is 38.3 Å². The summed E-state index contributed by atoms with van der Waals surface area (Å²) in [6.45, 7) is 23.4. The molecule has 126 heavy (non-hydrogen) atoms. The van der Waals surface area contributed by atoms with Gasteiger partial charge in [0.25, 0.3) is 0 Å². The number of aromatic hydroxyl groups is 1. The van der Waals surface area contributed by atoms with E-state index in [1.54, 1.807) is 67.5 Å². The molecule has 0 aliphatic carbocycles. The second kappa shape index (κ2) is 41.4. The van der Waals surface area contributed by atoms with E-state index in [0.29, 0.717) is 93.2 Å². The van der Waals surface area contributed by atoms with E-state index in [-0.39, 0.29) is 76.1 Å². The van der Waals surface area contributed by atoms with Crippen LogP contribution in [0.25, 0.3) is 122 Å². The molecule has 0 spiro atoms. The largest absolute Gasteiger partial charge is 0.506 e. The first-order valence-corrected chi connectivity index (χ1v) is 43.9. The summed E-state index contributed by atoms with van der Waals surface area (Å²) in [5, 5.41) is 22.9. The van der Waals surface area contributed by atoms with Crippen molar-refractivity contribution in [1.29, 1.82) is 0 Å². The number of nitrogens with one attached hydrogen (secondary N) is 7. The van der Waals surface area contributed by atoms with E-state index in [1.807, 2.05) is 88.8 Å². The lowest BCUT2D eigenvalue weighted by molar-refractivity contribution is -0.119. The van der Waals surface area contributed by atoms with Crippen LogP contribution in [0.3, 0.4) is 0 Å². The van der Waals surface area contributed by atoms with E-state index in [1.165, 1.54) is 44.3 Å². The molecule has 12 heterocycles. The zero-order chi connectivity index (χ0) is 90.6. The van der Waals surface area contributed by atoms with Gasteiger partial charge in [0.1, 0.15) is 5.75 Å². The van der Waals surface area contributed by atoms with Gasteiger partial charge >= 0.3 is 28.4 Å². The van der Waals surface area contributed by atoms with Gasteiger partial charge in [-0.25, -0.2) is 53.3 Å². The number of rotatable bonds is 25. The highest BCUT2D eigenvalue weighted by atomic mass is 35.5. The summed E-state index contributed by atoms with van der Waals surface area (Å²) < 4.78 is 27.9. The summed E-state index contributed by atoms with van der Waals surface area (Å²) in [5.41, 5.74) is 16.0. The highest BCUT2D eigenvalue weighted by molar-refractivity contribution is 6.36. The maximum atomic E-state index is 14.2. The number of imidazole rings is 5. The standard InChI is InChI=1S/C20H23ClN4O2.C20H25ClN4O.C18H19ClFN3O2.C18H18ClN5O.C16H17ClN4O2/c1-4-15(5-2)25-18-17(16(21)11-23-19(18)24-20(25)27)14-8-6-13(7-9-14)10-22-12(3)26;1-5-15(6-2)25-18-17(16(21)11-22-19(18)23-20(25)26)14-9-7-13(8-10-14)12-24(3)4;1-4-11(5-2)23-16-15(10-6-7-14(25-3)13(20)8-10)12(19)9-21-17(16)22-18(23)24;1-3-12(4-2)24-16-15(13(19)9-20-17(16)22-18(24)25)10-5-6-11-8-21-23-14(11)7-10;1-3-10(4-2)21-14-13(9-5-11(22)7-18-6-9)12(17)8-19-15(14)20-16(21)23/h6-9,11,15H,4-5,10H2,1-3H3,(H,22,26)(H,23,24,27);7-11,15H,5-6,12H2,1-4H3,(H,22,23,26);6-9,11H,4-5H2,1-3H3,(H,21,22,24);5-9,12H,3-4H2,1-2H3,(H,21,23)(H,20,22,25);5-8,10,22H,3-4H2,1-2H3,(H,19,20,23). The number of aromatic amines is 6. The number of nitrogens with zero attached hydrogens (tertiary/aromatic N) is 13. The number of carbonyl (C=O) groups is 1. The number of benzene rings is 4. The minimum absolute atomic E-state index is 0.00311. The van der Waals surface area contributed by atoms with Crippen LogP contribution >= 0.6 is 58.0 Å². The predicted molar refractivity (Wildman–Crippen MR) is 503 cm³/mol. The molecule has 12 aromatic heterocycles. The highest BCUT2D eigenvalue weighted by Gasteiger charge is 2.28. The average Bonchev–Trinajstić information content (AvgIpc) is 1.61. The van der Waals surface area contributed by atoms with Crippen molar-refractivity contribution in [2.75, 3.05) is 21.2 Å². The number of halogens is 6. The van der Waals surface area contributed by atoms with Gasteiger partial charge in [0, 0.05) is 126 Å². The summed E-state index contributed by atoms with van der Waals surface area (Å²) in [4.78, 5) is 115. The summed E-state index contributed by atoms with van der Waals surface area (Å²) in [7, 11) is 5.50. The molecule has 0 saturated heterocycles. The van der Waals surface area contributed by atoms with Crippen LogP contribution in [0.5, 0.6) is 11.5 Å². The fourth-order valence-corrected chi connectivity index (χ4v) is 17.6. The van der Waals surface area contributed by atoms with E-state index in [2.05, 4.69) is 141 Å². The van der Waals surface area contributed by atoms with Gasteiger partial charge in [-0.15, -0.1) is 0 Å². The zero-order valence-corrected chi connectivity index (χ0v) is 76.3. The van der Waals surface area contributed by atoms with Crippen molar-refractivity contribution < 1.29 is 19.0 Å². The predicted octanol–water partition coefficient (Wildman–Crippen LogP) is 20.9. The molecule has 0 aliphatic heterocycles. The molecule has 16 rings (SSSR count). The summed E-state index contributed by atoms with van der Waals surface area (Å²) in [6.07, 6.45) is 20.8. The Bertz CT molecular complexity index is 6880. The summed E-state index contributed by atoms with van der Waals surface area (Å²) in [5.74, 6) is -0.375. The Hall–Kier alpha value is -12.0. The van der Waals surface area contributed by atoms with Crippen LogP contribution in [-0.2, 0) is 17.9 Å². The third kappa shape index (κ3) is 19.5. The van der Waals surface area contributed by atoms with Gasteiger partial charge in [0.15, 0.2) is 39.8 Å². The minimum Gasteiger partial charge on any atom is -0.506 e. The van der Waals surface area contributed by atoms with Gasteiger partial charge in [-0.1, -0.05) is 194 Å². The molecular formula is C92H102Cl5FN20O8.